The second-order valence-corrected chi connectivity index (χ2v) is 8.20. The molecular weight excluding hydrogens is 421 g/mol. The summed E-state index contributed by atoms with van der Waals surface area (Å²) >= 11 is 5.96. The monoisotopic (exact) mass is 441 g/mol. The predicted molar refractivity (Wildman–Crippen MR) is 116 cm³/mol. The summed E-state index contributed by atoms with van der Waals surface area (Å²) in [7, 11) is 0. The maximum absolute atomic E-state index is 13.8. The van der Waals surface area contributed by atoms with E-state index >= 15 is 0 Å². The molecule has 1 saturated carbocycles. The van der Waals surface area contributed by atoms with Crippen LogP contribution in [0.1, 0.15) is 36.0 Å². The van der Waals surface area contributed by atoms with Crippen molar-refractivity contribution in [2.45, 2.75) is 31.3 Å². The normalized spacial score (nSPS) is 15.1. The molecular formula is C23H21ClFN3O3. The van der Waals surface area contributed by atoms with Crippen LogP contribution in [0, 0.1) is 5.82 Å². The second-order valence-electron chi connectivity index (χ2n) is 7.76. The van der Waals surface area contributed by atoms with Crippen LogP contribution >= 0.6 is 11.6 Å². The Kier molecular flexibility index (Phi) is 5.89. The van der Waals surface area contributed by atoms with Gasteiger partial charge in [0.1, 0.15) is 11.4 Å². The summed E-state index contributed by atoms with van der Waals surface area (Å²) < 4.78 is 14.8. The highest BCUT2D eigenvalue weighted by atomic mass is 35.5. The van der Waals surface area contributed by atoms with E-state index in [1.807, 2.05) is 0 Å². The number of hydrogen-bond donors (Lipinski definition) is 2. The molecule has 1 fully saturated rings. The number of rotatable bonds is 5. The molecule has 31 heavy (non-hydrogen) atoms. The third kappa shape index (κ3) is 4.68. The summed E-state index contributed by atoms with van der Waals surface area (Å²) in [5.74, 6) is -1.15. The number of nitrogens with zero attached hydrogens (tertiary/aromatic N) is 2. The maximum Gasteiger partial charge on any atom is 0.284 e. The van der Waals surface area contributed by atoms with Gasteiger partial charge in [0, 0.05) is 17.1 Å². The molecule has 0 atom stereocenters. The van der Waals surface area contributed by atoms with Crippen LogP contribution in [0.15, 0.2) is 59.4 Å². The Morgan fingerprint density at radius 1 is 1.16 bits per heavy atom. The first-order valence-electron chi connectivity index (χ1n) is 10.0. The Balaban J connectivity index is 1.76. The topological polar surface area (TPSA) is 84.2 Å². The van der Waals surface area contributed by atoms with Crippen LogP contribution in [0.5, 0.6) is 0 Å². The molecule has 0 radical (unpaired) electrons. The molecule has 6 nitrogen and oxygen atoms in total. The lowest BCUT2D eigenvalue weighted by molar-refractivity contribution is 0.0449. The molecule has 1 aliphatic rings. The summed E-state index contributed by atoms with van der Waals surface area (Å²) in [6.07, 6.45) is 3.00. The number of hydrogen-bond acceptors (Lipinski definition) is 4. The number of aliphatic hydroxyl groups is 1. The van der Waals surface area contributed by atoms with Crippen LogP contribution in [0.3, 0.4) is 0 Å². The molecule has 2 N–H and O–H groups in total. The summed E-state index contributed by atoms with van der Waals surface area (Å²) in [6.45, 7) is 0.0594. The van der Waals surface area contributed by atoms with Gasteiger partial charge in [0.25, 0.3) is 11.5 Å². The minimum absolute atomic E-state index is 0.0594. The SMILES string of the molecule is O=C(NCC1(O)CCCC1)c1cc(-c2ccc(Cl)cc2)nn(-c2cccc(F)c2)c1=O. The first kappa shape index (κ1) is 21.2. The zero-order chi connectivity index (χ0) is 22.0. The highest BCUT2D eigenvalue weighted by Gasteiger charge is 2.31. The zero-order valence-corrected chi connectivity index (χ0v) is 17.4. The van der Waals surface area contributed by atoms with Gasteiger partial charge in [-0.1, -0.05) is 42.6 Å². The van der Waals surface area contributed by atoms with Crippen molar-refractivity contribution < 1.29 is 14.3 Å². The molecule has 0 unspecified atom stereocenters. The number of halogens is 2. The van der Waals surface area contributed by atoms with E-state index < -0.39 is 22.9 Å². The van der Waals surface area contributed by atoms with E-state index in [9.17, 15) is 19.1 Å². The smallest absolute Gasteiger partial charge is 0.284 e. The number of nitrogens with one attached hydrogen (secondary N) is 1. The van der Waals surface area contributed by atoms with Crippen LogP contribution in [0.2, 0.25) is 5.02 Å². The zero-order valence-electron chi connectivity index (χ0n) is 16.6. The lowest BCUT2D eigenvalue weighted by atomic mass is 10.0. The second kappa shape index (κ2) is 8.61. The Labute approximate surface area is 183 Å². The molecule has 1 aromatic heterocycles. The molecule has 0 saturated heterocycles. The molecule has 4 rings (SSSR count). The molecule has 0 bridgehead atoms. The van der Waals surface area contributed by atoms with Gasteiger partial charge in [0.2, 0.25) is 0 Å². The molecule has 1 heterocycles. The Hall–Kier alpha value is -3.03. The third-order valence-electron chi connectivity index (χ3n) is 5.46. The van der Waals surface area contributed by atoms with Crippen molar-refractivity contribution in [1.29, 1.82) is 0 Å². The van der Waals surface area contributed by atoms with Gasteiger partial charge in [0.15, 0.2) is 0 Å². The quantitative estimate of drug-likeness (QED) is 0.632. The minimum atomic E-state index is -0.955. The number of aromatic nitrogens is 2. The van der Waals surface area contributed by atoms with Crippen LogP contribution in [0.4, 0.5) is 4.39 Å². The van der Waals surface area contributed by atoms with Gasteiger partial charge in [-0.25, -0.2) is 4.39 Å². The molecule has 1 amide bonds. The summed E-state index contributed by atoms with van der Waals surface area (Å²) in [4.78, 5) is 26.0. The summed E-state index contributed by atoms with van der Waals surface area (Å²) in [5, 5.41) is 18.1. The van der Waals surface area contributed by atoms with Crippen molar-refractivity contribution in [1.82, 2.24) is 15.1 Å². The highest BCUT2D eigenvalue weighted by molar-refractivity contribution is 6.30. The van der Waals surface area contributed by atoms with Crippen LogP contribution < -0.4 is 10.9 Å². The fourth-order valence-electron chi connectivity index (χ4n) is 3.75. The van der Waals surface area contributed by atoms with E-state index in [1.165, 1.54) is 30.3 Å². The maximum atomic E-state index is 13.8. The largest absolute Gasteiger partial charge is 0.388 e. The summed E-state index contributed by atoms with van der Waals surface area (Å²) in [6, 6.07) is 13.6. The highest BCUT2D eigenvalue weighted by Crippen LogP contribution is 2.28. The van der Waals surface area contributed by atoms with Crippen molar-refractivity contribution in [3.8, 4) is 16.9 Å². The van der Waals surface area contributed by atoms with Crippen molar-refractivity contribution in [2.24, 2.45) is 0 Å². The predicted octanol–water partition coefficient (Wildman–Crippen LogP) is 3.73. The standard InChI is InChI=1S/C23H21ClFN3O3/c24-16-8-6-15(7-9-16)20-13-19(21(29)26-14-23(31)10-1-2-11-23)22(30)28(27-20)18-5-3-4-17(25)12-18/h3-9,12-13,31H,1-2,10-11,14H2,(H,26,29). The average Bonchev–Trinajstić information content (AvgIpc) is 3.19. The molecule has 0 spiro atoms. The molecule has 8 heteroatoms. The number of benzene rings is 2. The van der Waals surface area contributed by atoms with E-state index in [-0.39, 0.29) is 17.8 Å². The minimum Gasteiger partial charge on any atom is -0.388 e. The molecule has 1 aliphatic carbocycles. The van der Waals surface area contributed by atoms with Crippen molar-refractivity contribution >= 4 is 17.5 Å². The fraction of sp³-hybridized carbons (Fsp3) is 0.261. The summed E-state index contributed by atoms with van der Waals surface area (Å²) in [5.41, 5.74) is -0.596. The lowest BCUT2D eigenvalue weighted by Gasteiger charge is -2.22. The Bertz CT molecular complexity index is 1170. The van der Waals surface area contributed by atoms with Gasteiger partial charge >= 0.3 is 0 Å². The average molecular weight is 442 g/mol. The van der Waals surface area contributed by atoms with E-state index in [0.29, 0.717) is 29.1 Å². The van der Waals surface area contributed by atoms with E-state index in [4.69, 9.17) is 11.6 Å². The first-order valence-corrected chi connectivity index (χ1v) is 10.4. The van der Waals surface area contributed by atoms with Crippen LogP contribution in [-0.2, 0) is 0 Å². The Morgan fingerprint density at radius 2 is 1.87 bits per heavy atom. The van der Waals surface area contributed by atoms with Gasteiger partial charge < -0.3 is 10.4 Å². The van der Waals surface area contributed by atoms with Crippen LogP contribution in [0.25, 0.3) is 16.9 Å². The van der Waals surface area contributed by atoms with Gasteiger partial charge in [-0.2, -0.15) is 9.78 Å². The molecule has 2 aromatic carbocycles. The van der Waals surface area contributed by atoms with Gasteiger partial charge in [-0.15, -0.1) is 0 Å². The van der Waals surface area contributed by atoms with E-state index in [2.05, 4.69) is 10.4 Å². The first-order chi connectivity index (χ1) is 14.8. The Morgan fingerprint density at radius 3 is 2.55 bits per heavy atom. The lowest BCUT2D eigenvalue weighted by Crippen LogP contribution is -2.42. The number of carbonyl (C=O) groups is 1. The molecule has 0 aliphatic heterocycles. The van der Waals surface area contributed by atoms with Gasteiger partial charge in [-0.3, -0.25) is 9.59 Å². The van der Waals surface area contributed by atoms with Gasteiger partial charge in [0.05, 0.1) is 17.0 Å². The number of amides is 1. The number of carbonyl (C=O) groups excluding carboxylic acids is 1. The fourth-order valence-corrected chi connectivity index (χ4v) is 3.88. The van der Waals surface area contributed by atoms with Crippen molar-refractivity contribution in [3.63, 3.8) is 0 Å². The molecule has 160 valence electrons. The van der Waals surface area contributed by atoms with E-state index in [1.54, 1.807) is 24.3 Å². The molecule has 3 aromatic rings. The van der Waals surface area contributed by atoms with Gasteiger partial charge in [-0.05, 0) is 49.2 Å². The van der Waals surface area contributed by atoms with Crippen molar-refractivity contribution in [3.05, 3.63) is 81.4 Å². The third-order valence-corrected chi connectivity index (χ3v) is 5.71. The van der Waals surface area contributed by atoms with E-state index in [0.717, 1.165) is 17.5 Å². The van der Waals surface area contributed by atoms with Crippen molar-refractivity contribution in [2.75, 3.05) is 6.54 Å². The van der Waals surface area contributed by atoms with Crippen LogP contribution in [-0.4, -0.2) is 32.9 Å².